The lowest BCUT2D eigenvalue weighted by Crippen LogP contribution is -2.16. The zero-order valence-corrected chi connectivity index (χ0v) is 16.9. The lowest BCUT2D eigenvalue weighted by molar-refractivity contribution is 0.684. The molecular weight excluding hydrogens is 418 g/mol. The molecule has 0 bridgehead atoms. The first kappa shape index (κ1) is 19.0. The Kier molecular flexibility index (Phi) is 6.61. The Morgan fingerprint density at radius 2 is 1.64 bits per heavy atom. The number of hydrogen-bond acceptors (Lipinski definition) is 3. The molecule has 1 aromatic heterocycles. The van der Waals surface area contributed by atoms with Gasteiger partial charge in [0.05, 0.1) is 9.90 Å². The molecule has 3 aromatic rings. The molecule has 1 heterocycles. The average Bonchev–Trinajstić information content (AvgIpc) is 3.02. The van der Waals surface area contributed by atoms with Gasteiger partial charge in [-0.3, -0.25) is 0 Å². The van der Waals surface area contributed by atoms with Crippen LogP contribution in [0.2, 0.25) is 20.1 Å². The first-order valence-corrected chi connectivity index (χ1v) is 9.90. The Labute approximate surface area is 170 Å². The molecule has 0 amide bonds. The standard InChI is InChI=1S/C18H14Cl4N2S/c19-12-2-1-11(15(21)7-12)5-6-23-10-18-24-9-17(25-18)14-4-3-13(20)8-16(14)22/h1-4,7-9,23H,5-6,10H2. The molecule has 25 heavy (non-hydrogen) atoms. The molecule has 0 aliphatic carbocycles. The number of hydrogen-bond donors (Lipinski definition) is 1. The third-order valence-electron chi connectivity index (χ3n) is 3.61. The summed E-state index contributed by atoms with van der Waals surface area (Å²) >= 11 is 25.9. The fraction of sp³-hybridized carbons (Fsp3) is 0.167. The smallest absolute Gasteiger partial charge is 0.107 e. The van der Waals surface area contributed by atoms with E-state index in [0.29, 0.717) is 26.6 Å². The van der Waals surface area contributed by atoms with Crippen molar-refractivity contribution >= 4 is 57.7 Å². The van der Waals surface area contributed by atoms with Gasteiger partial charge in [0.1, 0.15) is 5.01 Å². The molecular formula is C18H14Cl4N2S. The van der Waals surface area contributed by atoms with Crippen molar-refractivity contribution in [2.24, 2.45) is 0 Å². The zero-order valence-electron chi connectivity index (χ0n) is 13.0. The van der Waals surface area contributed by atoms with Gasteiger partial charge >= 0.3 is 0 Å². The van der Waals surface area contributed by atoms with Crippen LogP contribution in [0.25, 0.3) is 10.4 Å². The lowest BCUT2D eigenvalue weighted by Gasteiger charge is -2.05. The summed E-state index contributed by atoms with van der Waals surface area (Å²) in [4.78, 5) is 5.48. The average molecular weight is 432 g/mol. The van der Waals surface area contributed by atoms with Crippen LogP contribution in [0, 0.1) is 0 Å². The van der Waals surface area contributed by atoms with E-state index < -0.39 is 0 Å². The number of nitrogens with zero attached hydrogens (tertiary/aromatic N) is 1. The first-order chi connectivity index (χ1) is 12.0. The van der Waals surface area contributed by atoms with Gasteiger partial charge in [-0.1, -0.05) is 58.5 Å². The quantitative estimate of drug-likeness (QED) is 0.436. The van der Waals surface area contributed by atoms with Crippen LogP contribution in [0.3, 0.4) is 0 Å². The molecule has 0 saturated carbocycles. The zero-order chi connectivity index (χ0) is 17.8. The van der Waals surface area contributed by atoms with Crippen LogP contribution in [0.4, 0.5) is 0 Å². The van der Waals surface area contributed by atoms with Gasteiger partial charge in [0.15, 0.2) is 0 Å². The summed E-state index contributed by atoms with van der Waals surface area (Å²) in [5, 5.41) is 6.99. The minimum absolute atomic E-state index is 0.626. The van der Waals surface area contributed by atoms with Gasteiger partial charge in [-0.05, 0) is 42.8 Å². The normalized spacial score (nSPS) is 11.0. The highest BCUT2D eigenvalue weighted by Gasteiger charge is 2.09. The molecule has 0 atom stereocenters. The summed E-state index contributed by atoms with van der Waals surface area (Å²) < 4.78 is 0. The number of halogens is 4. The second kappa shape index (κ2) is 8.72. The topological polar surface area (TPSA) is 24.9 Å². The summed E-state index contributed by atoms with van der Waals surface area (Å²) in [6, 6.07) is 11.1. The Balaban J connectivity index is 1.55. The maximum absolute atomic E-state index is 6.25. The predicted molar refractivity (Wildman–Crippen MR) is 109 cm³/mol. The molecule has 0 saturated heterocycles. The maximum Gasteiger partial charge on any atom is 0.107 e. The summed E-state index contributed by atoms with van der Waals surface area (Å²) in [5.41, 5.74) is 2.02. The molecule has 130 valence electrons. The van der Waals surface area contributed by atoms with Crippen molar-refractivity contribution in [1.82, 2.24) is 10.3 Å². The van der Waals surface area contributed by atoms with Crippen molar-refractivity contribution in [3.8, 4) is 10.4 Å². The Morgan fingerprint density at radius 1 is 0.920 bits per heavy atom. The third kappa shape index (κ3) is 5.10. The molecule has 0 fully saturated rings. The van der Waals surface area contributed by atoms with Gasteiger partial charge in [-0.25, -0.2) is 4.98 Å². The van der Waals surface area contributed by atoms with E-state index >= 15 is 0 Å². The largest absolute Gasteiger partial charge is 0.310 e. The van der Waals surface area contributed by atoms with Gasteiger partial charge < -0.3 is 5.32 Å². The van der Waals surface area contributed by atoms with Crippen LogP contribution in [0.1, 0.15) is 10.6 Å². The SMILES string of the molecule is Clc1ccc(CCNCc2ncc(-c3ccc(Cl)cc3Cl)s2)c(Cl)c1. The van der Waals surface area contributed by atoms with Crippen molar-refractivity contribution in [2.75, 3.05) is 6.54 Å². The molecule has 0 radical (unpaired) electrons. The number of benzene rings is 2. The van der Waals surface area contributed by atoms with Crippen molar-refractivity contribution < 1.29 is 0 Å². The second-order valence-electron chi connectivity index (χ2n) is 5.40. The third-order valence-corrected chi connectivity index (χ3v) is 5.78. The van der Waals surface area contributed by atoms with Crippen molar-refractivity contribution in [3.05, 3.63) is 73.3 Å². The number of thiazole rings is 1. The van der Waals surface area contributed by atoms with Crippen LogP contribution in [0.5, 0.6) is 0 Å². The summed E-state index contributed by atoms with van der Waals surface area (Å²) in [5.74, 6) is 0. The van der Waals surface area contributed by atoms with Gasteiger partial charge in [0.25, 0.3) is 0 Å². The van der Waals surface area contributed by atoms with E-state index in [2.05, 4.69) is 10.3 Å². The first-order valence-electron chi connectivity index (χ1n) is 7.57. The molecule has 3 rings (SSSR count). The van der Waals surface area contributed by atoms with Crippen molar-refractivity contribution in [2.45, 2.75) is 13.0 Å². The molecule has 7 heteroatoms. The highest BCUT2D eigenvalue weighted by molar-refractivity contribution is 7.15. The Hall–Kier alpha value is -0.810. The van der Waals surface area contributed by atoms with Crippen molar-refractivity contribution in [1.29, 1.82) is 0 Å². The van der Waals surface area contributed by atoms with Crippen LogP contribution in [-0.2, 0) is 13.0 Å². The summed E-state index contributed by atoms with van der Waals surface area (Å²) in [6.07, 6.45) is 2.67. The molecule has 0 aliphatic rings. The highest BCUT2D eigenvalue weighted by atomic mass is 35.5. The second-order valence-corrected chi connectivity index (χ2v) is 8.21. The van der Waals surface area contributed by atoms with E-state index in [9.17, 15) is 0 Å². The van der Waals surface area contributed by atoms with Gasteiger partial charge in [-0.15, -0.1) is 11.3 Å². The van der Waals surface area contributed by atoms with E-state index in [4.69, 9.17) is 46.4 Å². The van der Waals surface area contributed by atoms with E-state index in [1.807, 2.05) is 30.5 Å². The van der Waals surface area contributed by atoms with Gasteiger partial charge in [0.2, 0.25) is 0 Å². The molecule has 0 aliphatic heterocycles. The lowest BCUT2D eigenvalue weighted by atomic mass is 10.1. The number of nitrogens with one attached hydrogen (secondary N) is 1. The molecule has 2 nitrogen and oxygen atoms in total. The molecule has 2 aromatic carbocycles. The van der Waals surface area contributed by atoms with Crippen molar-refractivity contribution in [3.63, 3.8) is 0 Å². The number of rotatable bonds is 6. The number of aromatic nitrogens is 1. The minimum atomic E-state index is 0.626. The molecule has 1 N–H and O–H groups in total. The minimum Gasteiger partial charge on any atom is -0.310 e. The highest BCUT2D eigenvalue weighted by Crippen LogP contribution is 2.33. The fourth-order valence-electron chi connectivity index (χ4n) is 2.35. The molecule has 0 spiro atoms. The van der Waals surface area contributed by atoms with Gasteiger partial charge in [0, 0.05) is 33.4 Å². The predicted octanol–water partition coefficient (Wildman–Crippen LogP) is 6.76. The van der Waals surface area contributed by atoms with E-state index in [0.717, 1.165) is 34.0 Å². The van der Waals surface area contributed by atoms with Crippen LogP contribution in [0.15, 0.2) is 42.6 Å². The van der Waals surface area contributed by atoms with E-state index in [1.165, 1.54) is 0 Å². The summed E-state index contributed by atoms with van der Waals surface area (Å²) in [7, 11) is 0. The van der Waals surface area contributed by atoms with E-state index in [1.54, 1.807) is 23.5 Å². The Bertz CT molecular complexity index is 879. The van der Waals surface area contributed by atoms with E-state index in [-0.39, 0.29) is 0 Å². The Morgan fingerprint density at radius 3 is 2.36 bits per heavy atom. The molecule has 0 unspecified atom stereocenters. The van der Waals surface area contributed by atoms with Crippen LogP contribution >= 0.6 is 57.7 Å². The monoisotopic (exact) mass is 430 g/mol. The fourth-order valence-corrected chi connectivity index (χ4v) is 4.34. The van der Waals surface area contributed by atoms with Crippen LogP contribution < -0.4 is 5.32 Å². The summed E-state index contributed by atoms with van der Waals surface area (Å²) in [6.45, 7) is 1.50. The van der Waals surface area contributed by atoms with Gasteiger partial charge in [-0.2, -0.15) is 0 Å². The van der Waals surface area contributed by atoms with Crippen LogP contribution in [-0.4, -0.2) is 11.5 Å². The maximum atomic E-state index is 6.25.